The van der Waals surface area contributed by atoms with Gasteiger partial charge in [-0.3, -0.25) is 24.2 Å². The minimum atomic E-state index is -0.530. The van der Waals surface area contributed by atoms with E-state index in [-0.39, 0.29) is 30.9 Å². The Kier molecular flexibility index (Phi) is 4.83. The first-order valence-corrected chi connectivity index (χ1v) is 9.14. The summed E-state index contributed by atoms with van der Waals surface area (Å²) in [5, 5.41) is 2.78. The number of carbonyl (C=O) groups is 3. The zero-order chi connectivity index (χ0) is 19.7. The molecule has 1 N–H and O–H groups in total. The van der Waals surface area contributed by atoms with E-state index in [1.807, 2.05) is 41.3 Å². The second-order valence-electron chi connectivity index (χ2n) is 6.96. The molecule has 2 aromatic carbocycles. The molecule has 0 saturated carbocycles. The Bertz CT molecular complexity index is 943. The minimum absolute atomic E-state index is 0.0235. The first-order chi connectivity index (χ1) is 13.6. The number of hydrogen-bond acceptors (Lipinski definition) is 5. The van der Waals surface area contributed by atoms with E-state index < -0.39 is 6.04 Å². The van der Waals surface area contributed by atoms with Crippen LogP contribution in [0.3, 0.4) is 0 Å². The van der Waals surface area contributed by atoms with Gasteiger partial charge in [0.15, 0.2) is 0 Å². The first kappa shape index (κ1) is 18.2. The number of nitrogens with one attached hydrogen (secondary N) is 1. The zero-order valence-electron chi connectivity index (χ0n) is 15.6. The van der Waals surface area contributed by atoms with E-state index in [1.165, 1.54) is 12.0 Å². The molecule has 0 radical (unpaired) electrons. The quantitative estimate of drug-likeness (QED) is 0.819. The molecule has 0 unspecified atom stereocenters. The van der Waals surface area contributed by atoms with E-state index in [9.17, 15) is 14.4 Å². The third-order valence-electron chi connectivity index (χ3n) is 5.23. The van der Waals surface area contributed by atoms with Crippen LogP contribution in [0.15, 0.2) is 48.5 Å². The van der Waals surface area contributed by atoms with Crippen LogP contribution in [-0.4, -0.2) is 48.9 Å². The topological polar surface area (TPSA) is 79.0 Å². The molecule has 2 aliphatic rings. The van der Waals surface area contributed by atoms with Crippen molar-refractivity contribution in [2.24, 2.45) is 0 Å². The monoisotopic (exact) mass is 379 g/mol. The second kappa shape index (κ2) is 7.44. The van der Waals surface area contributed by atoms with Crippen LogP contribution in [0.2, 0.25) is 0 Å². The molecular formula is C21H21N3O4. The lowest BCUT2D eigenvalue weighted by Gasteiger charge is -2.36. The number of rotatable bonds is 3. The molecule has 0 fully saturated rings. The Morgan fingerprint density at radius 2 is 1.79 bits per heavy atom. The van der Waals surface area contributed by atoms with Crippen LogP contribution < -0.4 is 10.2 Å². The summed E-state index contributed by atoms with van der Waals surface area (Å²) in [6.45, 7) is 0.461. The van der Waals surface area contributed by atoms with Gasteiger partial charge in [0.2, 0.25) is 11.8 Å². The van der Waals surface area contributed by atoms with E-state index in [2.05, 4.69) is 5.32 Å². The van der Waals surface area contributed by atoms with Crippen molar-refractivity contribution in [2.45, 2.75) is 19.0 Å². The second-order valence-corrected chi connectivity index (χ2v) is 6.96. The molecule has 2 heterocycles. The maximum Gasteiger partial charge on any atom is 0.323 e. The summed E-state index contributed by atoms with van der Waals surface area (Å²) in [4.78, 5) is 40.8. The lowest BCUT2D eigenvalue weighted by atomic mass is 9.94. The third-order valence-corrected chi connectivity index (χ3v) is 5.23. The highest BCUT2D eigenvalue weighted by molar-refractivity contribution is 6.10. The van der Waals surface area contributed by atoms with Crippen molar-refractivity contribution >= 4 is 29.2 Å². The fourth-order valence-electron chi connectivity index (χ4n) is 3.83. The van der Waals surface area contributed by atoms with Crippen LogP contribution >= 0.6 is 0 Å². The molecule has 0 spiro atoms. The number of hydrogen-bond donors (Lipinski definition) is 1. The normalized spacial score (nSPS) is 18.7. The molecule has 2 amide bonds. The van der Waals surface area contributed by atoms with Crippen molar-refractivity contribution in [3.05, 3.63) is 59.7 Å². The van der Waals surface area contributed by atoms with Crippen LogP contribution in [0, 0.1) is 0 Å². The summed E-state index contributed by atoms with van der Waals surface area (Å²) in [7, 11) is 1.36. The molecular weight excluding hydrogens is 358 g/mol. The Morgan fingerprint density at radius 1 is 1.07 bits per heavy atom. The smallest absolute Gasteiger partial charge is 0.323 e. The predicted octanol–water partition coefficient (Wildman–Crippen LogP) is 1.57. The number of fused-ring (bicyclic) bond motifs is 2. The molecule has 0 saturated heterocycles. The van der Waals surface area contributed by atoms with Crippen molar-refractivity contribution in [2.75, 3.05) is 30.4 Å². The Labute approximate surface area is 162 Å². The molecule has 1 atom stereocenters. The number of ether oxygens (including phenoxy) is 1. The summed E-state index contributed by atoms with van der Waals surface area (Å²) >= 11 is 0. The first-order valence-electron chi connectivity index (χ1n) is 9.14. The number of amides is 2. The predicted molar refractivity (Wildman–Crippen MR) is 104 cm³/mol. The number of esters is 1. The van der Waals surface area contributed by atoms with Crippen LogP contribution in [0.25, 0.3) is 0 Å². The highest BCUT2D eigenvalue weighted by atomic mass is 16.5. The van der Waals surface area contributed by atoms with Gasteiger partial charge in [0, 0.05) is 6.54 Å². The van der Waals surface area contributed by atoms with Crippen molar-refractivity contribution < 1.29 is 19.1 Å². The lowest BCUT2D eigenvalue weighted by molar-refractivity contribution is -0.148. The van der Waals surface area contributed by atoms with Gasteiger partial charge in [0.25, 0.3) is 0 Å². The highest BCUT2D eigenvalue weighted by Gasteiger charge is 2.35. The SMILES string of the molecule is COC(=O)[C@H]1Cc2ccccc2CN1CC(=O)N1CC(=O)Nc2ccccc21. The molecule has 2 aromatic rings. The average Bonchev–Trinajstić information content (AvgIpc) is 2.72. The Balaban J connectivity index is 1.59. The minimum Gasteiger partial charge on any atom is -0.468 e. The van der Waals surface area contributed by atoms with Crippen LogP contribution in [0.4, 0.5) is 11.4 Å². The lowest BCUT2D eigenvalue weighted by Crippen LogP contribution is -2.52. The maximum atomic E-state index is 13.1. The summed E-state index contributed by atoms with van der Waals surface area (Å²) in [6, 6.07) is 14.6. The van der Waals surface area contributed by atoms with Gasteiger partial charge < -0.3 is 10.1 Å². The van der Waals surface area contributed by atoms with Crippen molar-refractivity contribution in [3.8, 4) is 0 Å². The van der Waals surface area contributed by atoms with Gasteiger partial charge in [-0.1, -0.05) is 36.4 Å². The fraction of sp³-hybridized carbons (Fsp3) is 0.286. The molecule has 28 heavy (non-hydrogen) atoms. The number of carbonyl (C=O) groups excluding carboxylic acids is 3. The number of benzene rings is 2. The number of nitrogens with zero attached hydrogens (tertiary/aromatic N) is 2. The van der Waals surface area contributed by atoms with Crippen molar-refractivity contribution in [3.63, 3.8) is 0 Å². The van der Waals surface area contributed by atoms with Gasteiger partial charge in [-0.05, 0) is 29.7 Å². The summed E-state index contributed by atoms with van der Waals surface area (Å²) < 4.78 is 4.97. The van der Waals surface area contributed by atoms with Crippen LogP contribution in [-0.2, 0) is 32.1 Å². The van der Waals surface area contributed by atoms with E-state index in [1.54, 1.807) is 12.1 Å². The van der Waals surface area contributed by atoms with Crippen molar-refractivity contribution in [1.82, 2.24) is 4.90 Å². The molecule has 0 aromatic heterocycles. The van der Waals surface area contributed by atoms with Crippen LogP contribution in [0.5, 0.6) is 0 Å². The summed E-state index contributed by atoms with van der Waals surface area (Å²) in [5.74, 6) is -0.824. The number of para-hydroxylation sites is 2. The summed E-state index contributed by atoms with van der Waals surface area (Å²) in [6.07, 6.45) is 0.493. The molecule has 144 valence electrons. The standard InChI is InChI=1S/C21H21N3O4/c1-28-21(27)18-10-14-6-2-3-7-15(14)11-23(18)13-20(26)24-12-19(25)22-16-8-4-5-9-17(16)24/h2-9,18H,10-13H2,1H3,(H,22,25)/t18-/m1/s1. The molecule has 2 aliphatic heterocycles. The Morgan fingerprint density at radius 3 is 2.57 bits per heavy atom. The molecule has 0 bridgehead atoms. The highest BCUT2D eigenvalue weighted by Crippen LogP contribution is 2.30. The maximum absolute atomic E-state index is 13.1. The van der Waals surface area contributed by atoms with Crippen LogP contribution in [0.1, 0.15) is 11.1 Å². The number of anilines is 2. The van der Waals surface area contributed by atoms with Gasteiger partial charge in [0.1, 0.15) is 12.6 Å². The van der Waals surface area contributed by atoms with E-state index >= 15 is 0 Å². The molecule has 0 aliphatic carbocycles. The molecule has 7 heteroatoms. The summed E-state index contributed by atoms with van der Waals surface area (Å²) in [5.41, 5.74) is 3.45. The molecule has 4 rings (SSSR count). The number of methoxy groups -OCH3 is 1. The fourth-order valence-corrected chi connectivity index (χ4v) is 3.83. The van der Waals surface area contributed by atoms with Gasteiger partial charge in [-0.25, -0.2) is 0 Å². The zero-order valence-corrected chi connectivity index (χ0v) is 15.6. The van der Waals surface area contributed by atoms with E-state index in [0.29, 0.717) is 24.3 Å². The van der Waals surface area contributed by atoms with Gasteiger partial charge >= 0.3 is 5.97 Å². The van der Waals surface area contributed by atoms with E-state index in [4.69, 9.17) is 4.74 Å². The largest absolute Gasteiger partial charge is 0.468 e. The van der Waals surface area contributed by atoms with E-state index in [0.717, 1.165) is 11.1 Å². The van der Waals surface area contributed by atoms with Gasteiger partial charge in [0.05, 0.1) is 25.0 Å². The average molecular weight is 379 g/mol. The van der Waals surface area contributed by atoms with Gasteiger partial charge in [-0.15, -0.1) is 0 Å². The third kappa shape index (κ3) is 3.36. The Hall–Kier alpha value is -3.19. The molecule has 7 nitrogen and oxygen atoms in total. The van der Waals surface area contributed by atoms with Gasteiger partial charge in [-0.2, -0.15) is 0 Å². The van der Waals surface area contributed by atoms with Crippen molar-refractivity contribution in [1.29, 1.82) is 0 Å².